The fourth-order valence-corrected chi connectivity index (χ4v) is 4.86. The lowest BCUT2D eigenvalue weighted by Crippen LogP contribution is -2.30. The topological polar surface area (TPSA) is 89.0 Å². The first-order chi connectivity index (χ1) is 17.1. The van der Waals surface area contributed by atoms with Gasteiger partial charge in [-0.1, -0.05) is 20.8 Å². The molecule has 0 spiro atoms. The minimum Gasteiger partial charge on any atom is -0.506 e. The van der Waals surface area contributed by atoms with Crippen LogP contribution in [0.4, 0.5) is 13.2 Å². The number of carbonyl (C=O) groups is 2. The van der Waals surface area contributed by atoms with E-state index in [-0.39, 0.29) is 35.3 Å². The van der Waals surface area contributed by atoms with Gasteiger partial charge in [-0.05, 0) is 57.5 Å². The molecule has 2 aliphatic carbocycles. The molecule has 200 valence electrons. The smallest absolute Gasteiger partial charge is 0.433 e. The van der Waals surface area contributed by atoms with E-state index in [2.05, 4.69) is 30.7 Å². The largest absolute Gasteiger partial charge is 0.506 e. The van der Waals surface area contributed by atoms with Crippen LogP contribution in [0, 0.1) is 11.8 Å². The van der Waals surface area contributed by atoms with Gasteiger partial charge in [0.25, 0.3) is 0 Å². The first-order valence-corrected chi connectivity index (χ1v) is 12.6. The number of aliphatic hydroxyl groups excluding tert-OH is 1. The van der Waals surface area contributed by atoms with Gasteiger partial charge in [-0.3, -0.25) is 9.59 Å². The molecule has 2 bridgehead atoms. The molecule has 36 heavy (non-hydrogen) atoms. The van der Waals surface area contributed by atoms with E-state index in [4.69, 9.17) is 9.47 Å². The van der Waals surface area contributed by atoms with E-state index in [1.807, 2.05) is 0 Å². The van der Waals surface area contributed by atoms with Crippen molar-refractivity contribution in [2.45, 2.75) is 71.9 Å². The Morgan fingerprint density at radius 1 is 1.08 bits per heavy atom. The molecule has 10 heteroatoms. The second-order valence-electron chi connectivity index (χ2n) is 9.22. The summed E-state index contributed by atoms with van der Waals surface area (Å²) in [5.74, 6) is -2.18. The molecule has 1 aliphatic heterocycles. The molecule has 3 unspecified atom stereocenters. The van der Waals surface area contributed by atoms with Gasteiger partial charge in [0, 0.05) is 30.4 Å². The van der Waals surface area contributed by atoms with Crippen LogP contribution in [0.25, 0.3) is 5.76 Å². The summed E-state index contributed by atoms with van der Waals surface area (Å²) in [7, 11) is 0. The molecular formula is C26H35F3N2O5. The Hall–Kier alpha value is -2.30. The maximum Gasteiger partial charge on any atom is 0.433 e. The number of aromatic nitrogens is 1. The number of hydrogen-bond donors (Lipinski definition) is 1. The van der Waals surface area contributed by atoms with E-state index in [0.29, 0.717) is 38.4 Å². The summed E-state index contributed by atoms with van der Waals surface area (Å²) in [6, 6.07) is 1.75. The molecule has 1 aromatic heterocycles. The molecule has 3 aliphatic rings. The highest BCUT2D eigenvalue weighted by Crippen LogP contribution is 2.42. The van der Waals surface area contributed by atoms with Gasteiger partial charge in [-0.15, -0.1) is 0 Å². The van der Waals surface area contributed by atoms with Crippen molar-refractivity contribution >= 4 is 17.3 Å². The number of pyridine rings is 1. The van der Waals surface area contributed by atoms with Gasteiger partial charge in [0.2, 0.25) is 0 Å². The average Bonchev–Trinajstić information content (AvgIpc) is 3.54. The van der Waals surface area contributed by atoms with Crippen LogP contribution in [0.3, 0.4) is 0 Å². The Balaban J connectivity index is 0.000000454. The van der Waals surface area contributed by atoms with Crippen molar-refractivity contribution in [3.8, 4) is 0 Å². The van der Waals surface area contributed by atoms with E-state index >= 15 is 0 Å². The SMILES string of the molecule is CCN(CC)CC.O=C1C(=C(O)c2ccc(C(F)(F)F)nc2COC2CCCO2)C(=O)C2CCC1C2. The molecule has 1 N–H and O–H groups in total. The Bertz CT molecular complexity index is 939. The van der Waals surface area contributed by atoms with E-state index in [0.717, 1.165) is 12.5 Å². The van der Waals surface area contributed by atoms with Crippen LogP contribution < -0.4 is 0 Å². The van der Waals surface area contributed by atoms with Crippen LogP contribution in [0.15, 0.2) is 17.7 Å². The minimum atomic E-state index is -4.69. The monoisotopic (exact) mass is 512 g/mol. The summed E-state index contributed by atoms with van der Waals surface area (Å²) >= 11 is 0. The molecule has 0 radical (unpaired) electrons. The molecule has 1 aromatic rings. The molecule has 0 aromatic carbocycles. The van der Waals surface area contributed by atoms with Crippen molar-refractivity contribution in [3.05, 3.63) is 34.7 Å². The Morgan fingerprint density at radius 2 is 1.69 bits per heavy atom. The summed E-state index contributed by atoms with van der Waals surface area (Å²) in [6.45, 7) is 10.3. The number of aliphatic hydroxyl groups is 1. The van der Waals surface area contributed by atoms with Crippen molar-refractivity contribution < 1.29 is 37.3 Å². The van der Waals surface area contributed by atoms with Crippen molar-refractivity contribution in [1.29, 1.82) is 0 Å². The third-order valence-corrected chi connectivity index (χ3v) is 7.06. The fraction of sp³-hybridized carbons (Fsp3) is 0.654. The number of alkyl halides is 3. The van der Waals surface area contributed by atoms with E-state index in [1.54, 1.807) is 0 Å². The molecule has 4 rings (SSSR count). The highest BCUT2D eigenvalue weighted by Gasteiger charge is 2.45. The third kappa shape index (κ3) is 6.52. The normalized spacial score (nSPS) is 23.8. The molecular weight excluding hydrogens is 477 g/mol. The van der Waals surface area contributed by atoms with Crippen LogP contribution >= 0.6 is 0 Å². The maximum absolute atomic E-state index is 13.1. The number of fused-ring (bicyclic) bond motifs is 2. The number of hydrogen-bond acceptors (Lipinski definition) is 7. The van der Waals surface area contributed by atoms with Gasteiger partial charge in [-0.25, -0.2) is 4.98 Å². The van der Waals surface area contributed by atoms with Crippen molar-refractivity contribution in [2.75, 3.05) is 26.2 Å². The summed E-state index contributed by atoms with van der Waals surface area (Å²) in [5, 5.41) is 10.7. The summed E-state index contributed by atoms with van der Waals surface area (Å²) in [6.07, 6.45) is -2.26. The summed E-state index contributed by atoms with van der Waals surface area (Å²) in [4.78, 5) is 31.2. The highest BCUT2D eigenvalue weighted by molar-refractivity contribution is 6.27. The van der Waals surface area contributed by atoms with Gasteiger partial charge in [-0.2, -0.15) is 13.2 Å². The highest BCUT2D eigenvalue weighted by atomic mass is 19.4. The predicted molar refractivity (Wildman–Crippen MR) is 127 cm³/mol. The lowest BCUT2D eigenvalue weighted by Gasteiger charge is -2.21. The number of rotatable bonds is 7. The number of halogens is 3. The molecule has 3 atom stereocenters. The molecule has 7 nitrogen and oxygen atoms in total. The number of nitrogens with zero attached hydrogens (tertiary/aromatic N) is 2. The van der Waals surface area contributed by atoms with Gasteiger partial charge in [0.15, 0.2) is 17.9 Å². The molecule has 2 saturated carbocycles. The minimum absolute atomic E-state index is 0.103. The standard InChI is InChI=1S/C20H20F3NO5.C6H15N/c21-20(22,23)14-6-5-12(13(24-14)9-29-15-2-1-7-28-15)19(27)16-17(25)10-3-4-11(8-10)18(16)26;1-4-7(5-2)6-3/h5-6,10-11,15,27H,1-4,7-9H2;4-6H2,1-3H3. The van der Waals surface area contributed by atoms with Crippen molar-refractivity contribution in [3.63, 3.8) is 0 Å². The van der Waals surface area contributed by atoms with Gasteiger partial charge in [0.05, 0.1) is 12.3 Å². The zero-order valence-electron chi connectivity index (χ0n) is 21.1. The summed E-state index contributed by atoms with van der Waals surface area (Å²) < 4.78 is 50.2. The molecule has 3 fully saturated rings. The molecule has 2 heterocycles. The second kappa shape index (κ2) is 12.3. The maximum atomic E-state index is 13.1. The van der Waals surface area contributed by atoms with E-state index in [9.17, 15) is 27.9 Å². The van der Waals surface area contributed by atoms with Crippen LogP contribution in [0.5, 0.6) is 0 Å². The molecule has 1 saturated heterocycles. The lowest BCUT2D eigenvalue weighted by molar-refractivity contribution is -0.142. The lowest BCUT2D eigenvalue weighted by atomic mass is 9.81. The van der Waals surface area contributed by atoms with Crippen LogP contribution in [-0.2, 0) is 31.8 Å². The number of allylic oxidation sites excluding steroid dienone is 1. The fourth-order valence-electron chi connectivity index (χ4n) is 4.86. The summed E-state index contributed by atoms with van der Waals surface area (Å²) in [5.41, 5.74) is -1.78. The zero-order valence-corrected chi connectivity index (χ0v) is 21.1. The van der Waals surface area contributed by atoms with E-state index in [1.165, 1.54) is 19.6 Å². The van der Waals surface area contributed by atoms with Gasteiger partial charge >= 0.3 is 6.18 Å². The first kappa shape index (κ1) is 28.3. The first-order valence-electron chi connectivity index (χ1n) is 12.6. The van der Waals surface area contributed by atoms with Gasteiger partial charge < -0.3 is 19.5 Å². The number of Topliss-reactive ketones (excluding diaryl/α,β-unsaturated/α-hetero) is 2. The third-order valence-electron chi connectivity index (χ3n) is 7.06. The van der Waals surface area contributed by atoms with Crippen LogP contribution in [0.2, 0.25) is 0 Å². The Labute approximate surface area is 209 Å². The Morgan fingerprint density at radius 3 is 2.17 bits per heavy atom. The number of ether oxygens (including phenoxy) is 2. The number of ketones is 2. The Kier molecular flexibility index (Phi) is 9.66. The predicted octanol–water partition coefficient (Wildman–Crippen LogP) is 4.94. The second-order valence-corrected chi connectivity index (χ2v) is 9.22. The van der Waals surface area contributed by atoms with E-state index < -0.39 is 35.5 Å². The molecule has 0 amide bonds. The number of carbonyl (C=O) groups excluding carboxylic acids is 2. The average molecular weight is 513 g/mol. The van der Waals surface area contributed by atoms with Crippen molar-refractivity contribution in [2.24, 2.45) is 11.8 Å². The van der Waals surface area contributed by atoms with Crippen LogP contribution in [-0.4, -0.2) is 59.1 Å². The zero-order chi connectivity index (χ0) is 26.5. The van der Waals surface area contributed by atoms with Crippen molar-refractivity contribution in [1.82, 2.24) is 9.88 Å². The van der Waals surface area contributed by atoms with Crippen LogP contribution in [0.1, 0.15) is 69.8 Å². The quantitative estimate of drug-likeness (QED) is 0.315. The van der Waals surface area contributed by atoms with Gasteiger partial charge in [0.1, 0.15) is 17.0 Å².